The molecular weight excluding hydrogens is 414 g/mol. The minimum Gasteiger partial charge on any atom is -0.460 e. The lowest BCUT2D eigenvalue weighted by atomic mass is 10.2. The highest BCUT2D eigenvalue weighted by Crippen LogP contribution is 2.28. The molecular formula is C20H33NO6S2. The first-order valence-corrected chi connectivity index (χ1v) is 12.0. The number of esters is 1. The molecule has 0 bridgehead atoms. The third-order valence-electron chi connectivity index (χ3n) is 3.08. The van der Waals surface area contributed by atoms with E-state index in [1.165, 1.54) is 0 Å². The van der Waals surface area contributed by atoms with Gasteiger partial charge in [0.2, 0.25) is 0 Å². The van der Waals surface area contributed by atoms with E-state index in [2.05, 4.69) is 4.98 Å². The molecule has 166 valence electrons. The van der Waals surface area contributed by atoms with Gasteiger partial charge in [0.25, 0.3) is 0 Å². The van der Waals surface area contributed by atoms with Crippen LogP contribution in [-0.2, 0) is 28.5 Å². The number of pyridine rings is 1. The fraction of sp³-hybridized carbons (Fsp3) is 0.700. The van der Waals surface area contributed by atoms with Gasteiger partial charge >= 0.3 is 5.97 Å². The molecule has 0 aliphatic heterocycles. The van der Waals surface area contributed by atoms with Crippen LogP contribution in [0.1, 0.15) is 27.2 Å². The molecule has 0 aliphatic rings. The number of aromatic nitrogens is 1. The second kappa shape index (κ2) is 16.9. The molecule has 9 heteroatoms. The normalized spacial score (nSPS) is 11.6. The van der Waals surface area contributed by atoms with Crippen molar-refractivity contribution in [2.24, 2.45) is 0 Å². The maximum atomic E-state index is 11.5. The van der Waals surface area contributed by atoms with E-state index in [0.717, 1.165) is 10.8 Å². The summed E-state index contributed by atoms with van der Waals surface area (Å²) in [5.41, 5.74) is -0.455. The summed E-state index contributed by atoms with van der Waals surface area (Å²) in [6.45, 7) is 9.62. The van der Waals surface area contributed by atoms with Crippen LogP contribution in [0, 0.1) is 0 Å². The molecule has 0 spiro atoms. The molecule has 0 unspecified atom stereocenters. The second-order valence-electron chi connectivity index (χ2n) is 6.86. The van der Waals surface area contributed by atoms with E-state index in [9.17, 15) is 4.79 Å². The molecule has 0 amide bonds. The van der Waals surface area contributed by atoms with Gasteiger partial charge in [-0.2, -0.15) is 0 Å². The van der Waals surface area contributed by atoms with Crippen molar-refractivity contribution in [2.75, 3.05) is 58.6 Å². The Bertz CT molecular complexity index is 527. The van der Waals surface area contributed by atoms with Crippen LogP contribution in [-0.4, -0.2) is 75.2 Å². The first-order chi connectivity index (χ1) is 14.0. The Hall–Kier alpha value is -0.840. The van der Waals surface area contributed by atoms with Crippen molar-refractivity contribution in [1.29, 1.82) is 0 Å². The van der Waals surface area contributed by atoms with Crippen molar-refractivity contribution in [3.63, 3.8) is 0 Å². The average Bonchev–Trinajstić information content (AvgIpc) is 2.67. The van der Waals surface area contributed by atoms with Crippen molar-refractivity contribution < 1.29 is 28.5 Å². The number of rotatable bonds is 17. The average molecular weight is 448 g/mol. The molecule has 0 aromatic carbocycles. The van der Waals surface area contributed by atoms with Crippen LogP contribution in [0.2, 0.25) is 0 Å². The molecule has 0 aliphatic carbocycles. The van der Waals surface area contributed by atoms with E-state index in [1.807, 2.05) is 39.0 Å². The number of hydrogen-bond acceptors (Lipinski definition) is 9. The van der Waals surface area contributed by atoms with E-state index in [1.54, 1.807) is 27.8 Å². The Morgan fingerprint density at radius 3 is 2.03 bits per heavy atom. The molecule has 0 fully saturated rings. The minimum atomic E-state index is -0.455. The number of carbonyl (C=O) groups is 1. The summed E-state index contributed by atoms with van der Waals surface area (Å²) in [7, 11) is 3.38. The van der Waals surface area contributed by atoms with Gasteiger partial charge in [0.05, 0.1) is 59.3 Å². The van der Waals surface area contributed by atoms with Gasteiger partial charge < -0.3 is 23.7 Å². The smallest absolute Gasteiger partial charge is 0.308 e. The Labute approximate surface area is 182 Å². The zero-order chi connectivity index (χ0) is 21.2. The fourth-order valence-corrected chi connectivity index (χ4v) is 3.64. The Balaban J connectivity index is 1.74. The Morgan fingerprint density at radius 2 is 1.48 bits per heavy atom. The van der Waals surface area contributed by atoms with Crippen LogP contribution >= 0.6 is 21.6 Å². The topological polar surface area (TPSA) is 76.1 Å². The lowest BCUT2D eigenvalue weighted by Gasteiger charge is -2.19. The van der Waals surface area contributed by atoms with Crippen molar-refractivity contribution in [2.45, 2.75) is 37.8 Å². The third-order valence-corrected chi connectivity index (χ3v) is 5.31. The highest BCUT2D eigenvalue weighted by Gasteiger charge is 2.15. The van der Waals surface area contributed by atoms with Crippen molar-refractivity contribution in [1.82, 2.24) is 4.98 Å². The molecule has 0 radical (unpaired) electrons. The molecule has 1 aromatic heterocycles. The van der Waals surface area contributed by atoms with Gasteiger partial charge in [-0.1, -0.05) is 16.9 Å². The summed E-state index contributed by atoms with van der Waals surface area (Å²) in [6.07, 6.45) is 2.04. The first kappa shape index (κ1) is 26.2. The summed E-state index contributed by atoms with van der Waals surface area (Å²) in [5, 5.41) is 1.01. The largest absolute Gasteiger partial charge is 0.460 e. The third kappa shape index (κ3) is 17.7. The van der Waals surface area contributed by atoms with E-state index in [-0.39, 0.29) is 12.4 Å². The molecule has 0 N–H and O–H groups in total. The monoisotopic (exact) mass is 447 g/mol. The molecule has 1 rings (SSSR count). The van der Waals surface area contributed by atoms with Crippen LogP contribution in [0.25, 0.3) is 0 Å². The lowest BCUT2D eigenvalue weighted by molar-refractivity contribution is -0.156. The fourth-order valence-electron chi connectivity index (χ4n) is 1.90. The molecule has 0 saturated carbocycles. The van der Waals surface area contributed by atoms with Gasteiger partial charge in [-0.15, -0.1) is 0 Å². The summed E-state index contributed by atoms with van der Waals surface area (Å²) in [6, 6.07) is 5.88. The van der Waals surface area contributed by atoms with E-state index in [4.69, 9.17) is 23.7 Å². The maximum absolute atomic E-state index is 11.5. The maximum Gasteiger partial charge on any atom is 0.308 e. The van der Waals surface area contributed by atoms with Crippen molar-refractivity contribution >= 4 is 27.6 Å². The first-order valence-electron chi connectivity index (χ1n) is 9.71. The van der Waals surface area contributed by atoms with Crippen molar-refractivity contribution in [3.8, 4) is 0 Å². The van der Waals surface area contributed by atoms with Crippen LogP contribution in [0.3, 0.4) is 0 Å². The quantitative estimate of drug-likeness (QED) is 0.202. The number of carbonyl (C=O) groups excluding carboxylic acids is 1. The van der Waals surface area contributed by atoms with Crippen LogP contribution in [0.5, 0.6) is 0 Å². The molecule has 29 heavy (non-hydrogen) atoms. The van der Waals surface area contributed by atoms with Gasteiger partial charge in [0.1, 0.15) is 10.6 Å². The number of ether oxygens (including phenoxy) is 5. The van der Waals surface area contributed by atoms with E-state index < -0.39 is 5.60 Å². The zero-order valence-electron chi connectivity index (χ0n) is 17.6. The van der Waals surface area contributed by atoms with Crippen LogP contribution in [0.4, 0.5) is 0 Å². The second-order valence-corrected chi connectivity index (χ2v) is 9.30. The molecule has 0 atom stereocenters. The van der Waals surface area contributed by atoms with Gasteiger partial charge in [0, 0.05) is 11.9 Å². The lowest BCUT2D eigenvalue weighted by Crippen LogP contribution is -2.24. The van der Waals surface area contributed by atoms with E-state index in [0.29, 0.717) is 52.9 Å². The van der Waals surface area contributed by atoms with Crippen LogP contribution < -0.4 is 0 Å². The molecule has 1 aromatic rings. The number of hydrogen-bond donors (Lipinski definition) is 0. The highest BCUT2D eigenvalue weighted by molar-refractivity contribution is 8.76. The van der Waals surface area contributed by atoms with Crippen molar-refractivity contribution in [3.05, 3.63) is 24.4 Å². The highest BCUT2D eigenvalue weighted by atomic mass is 33.1. The van der Waals surface area contributed by atoms with Gasteiger partial charge in [-0.05, 0) is 43.7 Å². The van der Waals surface area contributed by atoms with Crippen LogP contribution in [0.15, 0.2) is 29.4 Å². The van der Waals surface area contributed by atoms with E-state index >= 15 is 0 Å². The molecule has 0 saturated heterocycles. The van der Waals surface area contributed by atoms with Gasteiger partial charge in [0.15, 0.2) is 0 Å². The Kier molecular flexibility index (Phi) is 15.3. The summed E-state index contributed by atoms with van der Waals surface area (Å²) < 4.78 is 26.9. The zero-order valence-corrected chi connectivity index (χ0v) is 19.2. The van der Waals surface area contributed by atoms with Gasteiger partial charge in [-0.25, -0.2) is 4.98 Å². The predicted molar refractivity (Wildman–Crippen MR) is 116 cm³/mol. The SMILES string of the molecule is CC(C)(C)OC(=O)CCOCCOCCOCCOCCSSc1ccccn1. The predicted octanol–water partition coefficient (Wildman–Crippen LogP) is 3.62. The number of nitrogens with zero attached hydrogens (tertiary/aromatic N) is 1. The molecule has 1 heterocycles. The standard InChI is InChI=1S/C20H33NO6S2/c1-20(2,3)27-19(22)7-9-23-10-11-24-12-13-25-14-15-26-16-17-28-29-18-6-4-5-8-21-18/h4-6,8H,7,9-17H2,1-3H3. The summed E-state index contributed by atoms with van der Waals surface area (Å²) >= 11 is 0. The van der Waals surface area contributed by atoms with Gasteiger partial charge in [-0.3, -0.25) is 4.79 Å². The summed E-state index contributed by atoms with van der Waals surface area (Å²) in [5.74, 6) is 0.651. The molecule has 7 nitrogen and oxygen atoms in total. The summed E-state index contributed by atoms with van der Waals surface area (Å²) in [4.78, 5) is 15.7. The minimum absolute atomic E-state index is 0.250. The Morgan fingerprint density at radius 1 is 0.897 bits per heavy atom.